The van der Waals surface area contributed by atoms with Crippen LogP contribution in [0.5, 0.6) is 5.75 Å². The first kappa shape index (κ1) is 25.2. The number of halogens is 1. The van der Waals surface area contributed by atoms with Crippen LogP contribution in [0, 0.1) is 6.92 Å². The third kappa shape index (κ3) is 4.46. The fraction of sp³-hybridized carbons (Fsp3) is 0.250. The van der Waals surface area contributed by atoms with Gasteiger partial charge in [-0.05, 0) is 58.0 Å². The Morgan fingerprint density at radius 1 is 1.22 bits per heavy atom. The van der Waals surface area contributed by atoms with Gasteiger partial charge in [0, 0.05) is 32.2 Å². The van der Waals surface area contributed by atoms with Crippen molar-refractivity contribution in [2.75, 3.05) is 7.11 Å². The number of H-pyrrole nitrogens is 1. The second-order valence-electron chi connectivity index (χ2n) is 9.13. The zero-order valence-electron chi connectivity index (χ0n) is 21.1. The molecule has 2 aromatic heterocycles. The summed E-state index contributed by atoms with van der Waals surface area (Å²) in [5, 5.41) is 1.04. The normalized spacial score (nSPS) is 15.8. The molecule has 0 radical (unpaired) electrons. The molecule has 0 unspecified atom stereocenters. The highest BCUT2D eigenvalue weighted by atomic mass is 79.9. The molecule has 0 bridgehead atoms. The first-order valence-corrected chi connectivity index (χ1v) is 13.4. The maximum Gasteiger partial charge on any atom is 0.338 e. The number of carbonyl (C=O) groups excluding carboxylic acids is 1. The fourth-order valence-electron chi connectivity index (χ4n) is 4.69. The molecule has 2 aromatic carbocycles. The number of allylic oxidation sites excluding steroid dienone is 1. The van der Waals surface area contributed by atoms with Crippen LogP contribution >= 0.6 is 27.3 Å². The topological polar surface area (TPSA) is 85.7 Å². The molecule has 7 nitrogen and oxygen atoms in total. The van der Waals surface area contributed by atoms with Crippen molar-refractivity contribution < 1.29 is 14.3 Å². The van der Waals surface area contributed by atoms with Crippen molar-refractivity contribution in [1.29, 1.82) is 0 Å². The zero-order chi connectivity index (χ0) is 26.4. The zero-order valence-corrected chi connectivity index (χ0v) is 23.5. The Kier molecular flexibility index (Phi) is 6.68. The van der Waals surface area contributed by atoms with Crippen molar-refractivity contribution in [3.63, 3.8) is 0 Å². The first-order chi connectivity index (χ1) is 17.7. The average molecular weight is 581 g/mol. The summed E-state index contributed by atoms with van der Waals surface area (Å²) in [6.07, 6.45) is 1.57. The molecule has 0 amide bonds. The van der Waals surface area contributed by atoms with E-state index in [-0.39, 0.29) is 11.7 Å². The Balaban J connectivity index is 1.79. The molecule has 4 aromatic rings. The van der Waals surface area contributed by atoms with E-state index in [0.717, 1.165) is 26.6 Å². The van der Waals surface area contributed by atoms with E-state index in [9.17, 15) is 9.59 Å². The van der Waals surface area contributed by atoms with Gasteiger partial charge in [-0.2, -0.15) is 0 Å². The molecule has 0 aliphatic carbocycles. The van der Waals surface area contributed by atoms with E-state index in [0.29, 0.717) is 31.9 Å². The third-order valence-electron chi connectivity index (χ3n) is 6.29. The summed E-state index contributed by atoms with van der Waals surface area (Å²) >= 11 is 4.83. The van der Waals surface area contributed by atoms with Crippen molar-refractivity contribution in [2.24, 2.45) is 4.99 Å². The number of aromatic amines is 1. The summed E-state index contributed by atoms with van der Waals surface area (Å²) in [6.45, 7) is 7.35. The maximum absolute atomic E-state index is 14.0. The Morgan fingerprint density at radius 3 is 2.70 bits per heavy atom. The van der Waals surface area contributed by atoms with Gasteiger partial charge in [0.25, 0.3) is 5.56 Å². The van der Waals surface area contributed by atoms with Gasteiger partial charge in [-0.15, -0.1) is 0 Å². The van der Waals surface area contributed by atoms with Crippen LogP contribution in [0.2, 0.25) is 0 Å². The van der Waals surface area contributed by atoms with Gasteiger partial charge < -0.3 is 14.5 Å². The molecule has 0 saturated heterocycles. The number of nitrogens with one attached hydrogen (secondary N) is 1. The van der Waals surface area contributed by atoms with E-state index in [1.54, 1.807) is 32.4 Å². The van der Waals surface area contributed by atoms with E-state index < -0.39 is 12.0 Å². The van der Waals surface area contributed by atoms with Crippen molar-refractivity contribution in [3.8, 4) is 5.75 Å². The van der Waals surface area contributed by atoms with Gasteiger partial charge >= 0.3 is 5.97 Å². The second-order valence-corrected chi connectivity index (χ2v) is 11.1. The molecular weight excluding hydrogens is 554 g/mol. The van der Waals surface area contributed by atoms with E-state index in [2.05, 4.69) is 25.9 Å². The molecule has 0 fully saturated rings. The molecule has 1 atom stereocenters. The van der Waals surface area contributed by atoms with E-state index in [4.69, 9.17) is 9.47 Å². The minimum absolute atomic E-state index is 0.234. The molecule has 5 rings (SSSR count). The average Bonchev–Trinajstić information content (AvgIpc) is 3.33. The number of benzene rings is 2. The lowest BCUT2D eigenvalue weighted by Crippen LogP contribution is -2.40. The van der Waals surface area contributed by atoms with Crippen molar-refractivity contribution in [3.05, 3.63) is 94.7 Å². The molecule has 3 heterocycles. The second kappa shape index (κ2) is 9.79. The Morgan fingerprint density at radius 2 is 1.97 bits per heavy atom. The minimum atomic E-state index is -0.763. The van der Waals surface area contributed by atoms with E-state index >= 15 is 0 Å². The van der Waals surface area contributed by atoms with Crippen LogP contribution in [0.3, 0.4) is 0 Å². The number of hydrogen-bond donors (Lipinski definition) is 1. The van der Waals surface area contributed by atoms with Gasteiger partial charge in [-0.1, -0.05) is 45.5 Å². The monoisotopic (exact) mass is 579 g/mol. The quantitative estimate of drug-likeness (QED) is 0.346. The predicted octanol–water partition coefficient (Wildman–Crippen LogP) is 4.75. The van der Waals surface area contributed by atoms with E-state index in [1.165, 1.54) is 11.3 Å². The van der Waals surface area contributed by atoms with Gasteiger partial charge in [0.15, 0.2) is 4.80 Å². The largest absolute Gasteiger partial charge is 0.496 e. The molecule has 9 heteroatoms. The van der Waals surface area contributed by atoms with Crippen LogP contribution in [-0.4, -0.2) is 28.7 Å². The fourth-order valence-corrected chi connectivity index (χ4v) is 6.10. The number of esters is 1. The summed E-state index contributed by atoms with van der Waals surface area (Å²) < 4.78 is 14.2. The number of hydrogen-bond acceptors (Lipinski definition) is 6. The number of methoxy groups -OCH3 is 1. The van der Waals surface area contributed by atoms with Crippen molar-refractivity contribution in [1.82, 2.24) is 9.55 Å². The first-order valence-electron chi connectivity index (χ1n) is 11.8. The number of para-hydroxylation sites is 1. The molecule has 37 heavy (non-hydrogen) atoms. The van der Waals surface area contributed by atoms with Crippen LogP contribution in [0.25, 0.3) is 17.0 Å². The SMILES string of the molecule is COc1ccc(Br)cc1[C@H]1C(C(=O)OC(C)C)=C(C)N=c2s/c(=C\c3c(C)[nH]c4ccccc34)c(=O)n21. The van der Waals surface area contributed by atoms with Crippen molar-refractivity contribution >= 4 is 50.2 Å². The molecule has 0 saturated carbocycles. The Bertz CT molecular complexity index is 1760. The molecule has 1 N–H and O–H groups in total. The Hall–Kier alpha value is -3.43. The molecule has 1 aliphatic heterocycles. The maximum atomic E-state index is 14.0. The number of nitrogens with zero attached hydrogens (tertiary/aromatic N) is 2. The van der Waals surface area contributed by atoms with E-state index in [1.807, 2.05) is 55.5 Å². The summed E-state index contributed by atoms with van der Waals surface area (Å²) in [7, 11) is 1.57. The lowest BCUT2D eigenvalue weighted by molar-refractivity contribution is -0.143. The molecular formula is C28H26BrN3O4S. The third-order valence-corrected chi connectivity index (χ3v) is 7.77. The summed E-state index contributed by atoms with van der Waals surface area (Å²) in [4.78, 5) is 35.9. The number of rotatable bonds is 5. The number of thiazole rings is 1. The smallest absolute Gasteiger partial charge is 0.338 e. The van der Waals surface area contributed by atoms with Gasteiger partial charge in [0.1, 0.15) is 11.8 Å². The number of carbonyl (C=O) groups is 1. The highest BCUT2D eigenvalue weighted by Gasteiger charge is 2.35. The van der Waals surface area contributed by atoms with Gasteiger partial charge in [0.05, 0.1) is 29.0 Å². The van der Waals surface area contributed by atoms with Gasteiger partial charge in [-0.25, -0.2) is 9.79 Å². The summed E-state index contributed by atoms with van der Waals surface area (Å²) in [5.41, 5.74) is 4.18. The van der Waals surface area contributed by atoms with Gasteiger partial charge in [-0.3, -0.25) is 9.36 Å². The Labute approximate surface area is 225 Å². The van der Waals surface area contributed by atoms with Crippen molar-refractivity contribution in [2.45, 2.75) is 39.8 Å². The molecule has 1 aliphatic rings. The number of aromatic nitrogens is 2. The summed E-state index contributed by atoms with van der Waals surface area (Å²) in [6, 6.07) is 12.8. The highest BCUT2D eigenvalue weighted by molar-refractivity contribution is 9.10. The number of fused-ring (bicyclic) bond motifs is 2. The number of ether oxygens (including phenoxy) is 2. The van der Waals surface area contributed by atoms with Crippen LogP contribution < -0.4 is 19.6 Å². The predicted molar refractivity (Wildman–Crippen MR) is 149 cm³/mol. The lowest BCUT2D eigenvalue weighted by atomic mass is 9.95. The van der Waals surface area contributed by atoms with Crippen LogP contribution in [0.4, 0.5) is 0 Å². The highest BCUT2D eigenvalue weighted by Crippen LogP contribution is 2.37. The standard InChI is InChI=1S/C28H26BrN3O4S/c1-14(2)36-27(34)24-16(4)31-28-32(25(24)20-12-17(29)10-11-22(20)35-5)26(33)23(37-28)13-19-15(3)30-21-9-7-6-8-18(19)21/h6-14,25,30H,1-5H3/b23-13-/t25-/m0/s1. The number of aryl methyl sites for hydroxylation is 1. The minimum Gasteiger partial charge on any atom is -0.496 e. The summed E-state index contributed by atoms with van der Waals surface area (Å²) in [5.74, 6) is 0.0461. The van der Waals surface area contributed by atoms with Crippen LogP contribution in [-0.2, 0) is 9.53 Å². The van der Waals surface area contributed by atoms with Crippen LogP contribution in [0.15, 0.2) is 68.0 Å². The lowest BCUT2D eigenvalue weighted by Gasteiger charge is -2.26. The molecule has 0 spiro atoms. The molecule has 190 valence electrons. The van der Waals surface area contributed by atoms with Gasteiger partial charge in [0.2, 0.25) is 0 Å². The van der Waals surface area contributed by atoms with Crippen LogP contribution in [0.1, 0.15) is 43.6 Å².